The fourth-order valence-corrected chi connectivity index (χ4v) is 8.85. The standard InChI is InChI=1S/C61H48N2/c1-45-44-60(42-43-61(45)54-20-12-5-13-21-54)63(58-38-26-51(27-39-58)48-18-10-4-11-19-48)59-40-30-53(31-41-59)52-28-36-57(37-29-52)62(55-32-22-49(23-33-55)46-14-6-2-7-15-46)56-34-24-50(25-35-56)47-16-8-3-9-17-47/h2-43,45H,44H2,1H3. The molecule has 0 saturated heterocycles. The van der Waals surface area contributed by atoms with Crippen molar-refractivity contribution in [1.82, 2.24) is 0 Å². The molecule has 1 aliphatic carbocycles. The summed E-state index contributed by atoms with van der Waals surface area (Å²) in [5.74, 6) is 0.374. The molecule has 0 aliphatic heterocycles. The van der Waals surface area contributed by atoms with Gasteiger partial charge in [-0.05, 0) is 135 Å². The monoisotopic (exact) mass is 808 g/mol. The summed E-state index contributed by atoms with van der Waals surface area (Å²) in [6.07, 6.45) is 5.57. The van der Waals surface area contributed by atoms with Crippen LogP contribution in [-0.4, -0.2) is 0 Å². The summed E-state index contributed by atoms with van der Waals surface area (Å²) < 4.78 is 0. The SMILES string of the molecule is CC1CC(N(c2ccc(-c3ccccc3)cc2)c2ccc(-c3ccc(N(c4ccc(-c5ccccc5)cc4)c4ccc(-c5ccccc5)cc4)cc3)cc2)=CC=C1c1ccccc1. The number of nitrogens with zero attached hydrogens (tertiary/aromatic N) is 2. The highest BCUT2D eigenvalue weighted by atomic mass is 15.2. The van der Waals surface area contributed by atoms with Gasteiger partial charge in [-0.15, -0.1) is 0 Å². The summed E-state index contributed by atoms with van der Waals surface area (Å²) in [7, 11) is 0. The maximum Gasteiger partial charge on any atom is 0.0462 e. The molecule has 63 heavy (non-hydrogen) atoms. The van der Waals surface area contributed by atoms with Crippen LogP contribution in [0.25, 0.3) is 50.1 Å². The van der Waals surface area contributed by atoms with Gasteiger partial charge in [-0.3, -0.25) is 0 Å². The van der Waals surface area contributed by atoms with Crippen LogP contribution in [0.1, 0.15) is 18.9 Å². The lowest BCUT2D eigenvalue weighted by molar-refractivity contribution is 0.715. The van der Waals surface area contributed by atoms with Crippen LogP contribution in [0.5, 0.6) is 0 Å². The van der Waals surface area contributed by atoms with Crippen molar-refractivity contribution in [2.75, 3.05) is 9.80 Å². The maximum atomic E-state index is 2.43. The molecule has 0 heterocycles. The zero-order valence-electron chi connectivity index (χ0n) is 35.4. The molecule has 1 unspecified atom stereocenters. The Morgan fingerprint density at radius 1 is 0.270 bits per heavy atom. The molecule has 10 rings (SSSR count). The van der Waals surface area contributed by atoms with Crippen LogP contribution in [0.2, 0.25) is 0 Å². The van der Waals surface area contributed by atoms with E-state index in [-0.39, 0.29) is 0 Å². The summed E-state index contributed by atoms with van der Waals surface area (Å²) in [6.45, 7) is 2.34. The summed E-state index contributed by atoms with van der Waals surface area (Å²) in [5, 5.41) is 0. The van der Waals surface area contributed by atoms with Crippen molar-refractivity contribution < 1.29 is 0 Å². The van der Waals surface area contributed by atoms with Crippen molar-refractivity contribution in [1.29, 1.82) is 0 Å². The Morgan fingerprint density at radius 3 is 0.810 bits per heavy atom. The van der Waals surface area contributed by atoms with Crippen LogP contribution >= 0.6 is 0 Å². The Balaban J connectivity index is 0.964. The van der Waals surface area contributed by atoms with Gasteiger partial charge in [0.1, 0.15) is 0 Å². The van der Waals surface area contributed by atoms with Gasteiger partial charge in [0.25, 0.3) is 0 Å². The van der Waals surface area contributed by atoms with Crippen LogP contribution in [0.15, 0.2) is 261 Å². The number of benzene rings is 9. The Labute approximate surface area is 372 Å². The zero-order chi connectivity index (χ0) is 42.4. The fraction of sp³-hybridized carbons (Fsp3) is 0.0492. The van der Waals surface area contributed by atoms with E-state index in [2.05, 4.69) is 272 Å². The number of hydrogen-bond acceptors (Lipinski definition) is 2. The normalized spacial score (nSPS) is 13.4. The molecule has 0 N–H and O–H groups in total. The zero-order valence-corrected chi connectivity index (χ0v) is 35.4. The van der Waals surface area contributed by atoms with Crippen LogP contribution in [0, 0.1) is 5.92 Å². The predicted molar refractivity (Wildman–Crippen MR) is 268 cm³/mol. The first-order chi connectivity index (χ1) is 31.1. The highest BCUT2D eigenvalue weighted by molar-refractivity contribution is 5.82. The minimum atomic E-state index is 0.374. The van der Waals surface area contributed by atoms with E-state index in [0.29, 0.717) is 5.92 Å². The van der Waals surface area contributed by atoms with Gasteiger partial charge < -0.3 is 9.80 Å². The highest BCUT2D eigenvalue weighted by Gasteiger charge is 2.23. The van der Waals surface area contributed by atoms with Gasteiger partial charge in [0.05, 0.1) is 0 Å². The number of allylic oxidation sites excluding steroid dienone is 4. The van der Waals surface area contributed by atoms with Crippen LogP contribution in [0.3, 0.4) is 0 Å². The van der Waals surface area contributed by atoms with E-state index in [1.165, 1.54) is 61.3 Å². The molecule has 0 saturated carbocycles. The molecule has 0 aromatic heterocycles. The molecule has 1 atom stereocenters. The number of anilines is 5. The second-order valence-corrected chi connectivity index (χ2v) is 16.3. The van der Waals surface area contributed by atoms with E-state index in [1.807, 2.05) is 0 Å². The van der Waals surface area contributed by atoms with Crippen LogP contribution in [-0.2, 0) is 0 Å². The Hall–Kier alpha value is -7.94. The van der Waals surface area contributed by atoms with E-state index in [0.717, 1.165) is 34.9 Å². The molecule has 2 nitrogen and oxygen atoms in total. The molecule has 1 aliphatic rings. The topological polar surface area (TPSA) is 6.48 Å². The first-order valence-electron chi connectivity index (χ1n) is 21.9. The Bertz CT molecular complexity index is 2870. The van der Waals surface area contributed by atoms with Crippen molar-refractivity contribution in [2.24, 2.45) is 5.92 Å². The van der Waals surface area contributed by atoms with Crippen molar-refractivity contribution >= 4 is 34.0 Å². The first kappa shape index (κ1) is 39.2. The average Bonchev–Trinajstić information content (AvgIpc) is 3.36. The first-order valence-corrected chi connectivity index (χ1v) is 21.9. The van der Waals surface area contributed by atoms with E-state index in [1.54, 1.807) is 0 Å². The van der Waals surface area contributed by atoms with Gasteiger partial charge >= 0.3 is 0 Å². The van der Waals surface area contributed by atoms with Crippen molar-refractivity contribution in [3.05, 3.63) is 266 Å². The average molecular weight is 809 g/mol. The minimum Gasteiger partial charge on any atom is -0.314 e. The molecule has 0 amide bonds. The molecule has 0 bridgehead atoms. The summed E-state index contributed by atoms with van der Waals surface area (Å²) in [6, 6.07) is 87.3. The lowest BCUT2D eigenvalue weighted by Crippen LogP contribution is -2.20. The molecule has 0 radical (unpaired) electrons. The van der Waals surface area contributed by atoms with Crippen LogP contribution in [0.4, 0.5) is 28.4 Å². The highest BCUT2D eigenvalue weighted by Crippen LogP contribution is 2.41. The molecule has 2 heteroatoms. The third-order valence-electron chi connectivity index (χ3n) is 12.2. The van der Waals surface area contributed by atoms with Gasteiger partial charge in [0, 0.05) is 34.1 Å². The third kappa shape index (κ3) is 8.53. The Kier molecular flexibility index (Phi) is 11.2. The minimum absolute atomic E-state index is 0.374. The second kappa shape index (κ2) is 18.0. The quantitative estimate of drug-likeness (QED) is 0.128. The maximum absolute atomic E-state index is 2.43. The van der Waals surface area contributed by atoms with Gasteiger partial charge in [-0.25, -0.2) is 0 Å². The van der Waals surface area contributed by atoms with Gasteiger partial charge in [-0.2, -0.15) is 0 Å². The van der Waals surface area contributed by atoms with E-state index in [4.69, 9.17) is 0 Å². The fourth-order valence-electron chi connectivity index (χ4n) is 8.85. The second-order valence-electron chi connectivity index (χ2n) is 16.3. The van der Waals surface area contributed by atoms with E-state index < -0.39 is 0 Å². The molecule has 9 aromatic rings. The van der Waals surface area contributed by atoms with Crippen molar-refractivity contribution in [3.8, 4) is 44.5 Å². The lowest BCUT2D eigenvalue weighted by atomic mass is 9.86. The third-order valence-corrected chi connectivity index (χ3v) is 12.2. The molecular formula is C61H48N2. The van der Waals surface area contributed by atoms with Gasteiger partial charge in [-0.1, -0.05) is 195 Å². The lowest BCUT2D eigenvalue weighted by Gasteiger charge is -2.32. The van der Waals surface area contributed by atoms with Gasteiger partial charge in [0.2, 0.25) is 0 Å². The van der Waals surface area contributed by atoms with Gasteiger partial charge in [0.15, 0.2) is 0 Å². The largest absolute Gasteiger partial charge is 0.314 e. The Morgan fingerprint density at radius 2 is 0.524 bits per heavy atom. The molecule has 0 fully saturated rings. The van der Waals surface area contributed by atoms with Crippen LogP contribution < -0.4 is 9.80 Å². The van der Waals surface area contributed by atoms with Crippen molar-refractivity contribution in [2.45, 2.75) is 13.3 Å². The molecular weight excluding hydrogens is 761 g/mol. The van der Waals surface area contributed by atoms with Crippen molar-refractivity contribution in [3.63, 3.8) is 0 Å². The summed E-state index contributed by atoms with van der Waals surface area (Å²) >= 11 is 0. The molecule has 9 aromatic carbocycles. The number of hydrogen-bond donors (Lipinski definition) is 0. The smallest absolute Gasteiger partial charge is 0.0462 e. The van der Waals surface area contributed by atoms with E-state index >= 15 is 0 Å². The predicted octanol–water partition coefficient (Wildman–Crippen LogP) is 17.0. The number of rotatable bonds is 11. The molecule has 302 valence electrons. The molecule has 0 spiro atoms. The summed E-state index contributed by atoms with van der Waals surface area (Å²) in [4.78, 5) is 4.77. The van der Waals surface area contributed by atoms with E-state index in [9.17, 15) is 0 Å². The summed E-state index contributed by atoms with van der Waals surface area (Å²) in [5.41, 5.74) is 19.1.